The molecule has 0 radical (unpaired) electrons. The Morgan fingerprint density at radius 3 is 1.16 bits per heavy atom. The van der Waals surface area contributed by atoms with Crippen molar-refractivity contribution in [2.45, 2.75) is 133 Å². The predicted molar refractivity (Wildman–Crippen MR) is 128 cm³/mol. The molecule has 0 heterocycles. The van der Waals surface area contributed by atoms with Crippen LogP contribution in [0.25, 0.3) is 0 Å². The minimum absolute atomic E-state index is 0.102. The number of hydrogen-bond acceptors (Lipinski definition) is 4. The van der Waals surface area contributed by atoms with Gasteiger partial charge in [0.2, 0.25) is 0 Å². The second-order valence-corrected chi connectivity index (χ2v) is 10.4. The molecule has 0 rings (SSSR count). The molecule has 0 saturated carbocycles. The van der Waals surface area contributed by atoms with Crippen LogP contribution in [0.15, 0.2) is 0 Å². The summed E-state index contributed by atoms with van der Waals surface area (Å²) in [5.41, 5.74) is -2.84. The van der Waals surface area contributed by atoms with Crippen molar-refractivity contribution in [3.8, 4) is 0 Å². The molecule has 0 fully saturated rings. The van der Waals surface area contributed by atoms with Crippen LogP contribution in [0.2, 0.25) is 0 Å². The van der Waals surface area contributed by atoms with E-state index in [2.05, 4.69) is 16.4 Å². The summed E-state index contributed by atoms with van der Waals surface area (Å²) in [7, 11) is 1.31. The van der Waals surface area contributed by atoms with Gasteiger partial charge in [0.25, 0.3) is 0 Å². The van der Waals surface area contributed by atoms with Gasteiger partial charge in [-0.15, -0.1) is 0 Å². The van der Waals surface area contributed by atoms with Crippen LogP contribution in [0.5, 0.6) is 0 Å². The number of methoxy groups -OCH3 is 2. The Labute approximate surface area is 241 Å². The Hall–Kier alpha value is -1.97. The molecule has 0 amide bonds. The number of halogens is 13. The molecule has 0 bridgehead atoms. The molecule has 0 unspecified atom stereocenters. The molecule has 17 heteroatoms. The molecule has 256 valence electrons. The summed E-state index contributed by atoms with van der Waals surface area (Å²) in [5, 5.41) is 0. The smallest absolute Gasteiger partial charge is 0.460 e. The zero-order chi connectivity index (χ0) is 34.0. The van der Waals surface area contributed by atoms with Crippen LogP contribution >= 0.6 is 0 Å². The lowest BCUT2D eigenvalue weighted by Gasteiger charge is -2.40. The van der Waals surface area contributed by atoms with Crippen LogP contribution < -0.4 is 0 Å². The second kappa shape index (κ2) is 15.8. The molecule has 0 saturated heterocycles. The van der Waals surface area contributed by atoms with E-state index >= 15 is 0 Å². The molecule has 0 aromatic heterocycles. The summed E-state index contributed by atoms with van der Waals surface area (Å²) in [6.45, 7) is 2.07. The van der Waals surface area contributed by atoms with Gasteiger partial charge in [0.15, 0.2) is 5.41 Å². The molecule has 0 aromatic carbocycles. The van der Waals surface area contributed by atoms with Crippen molar-refractivity contribution >= 4 is 11.9 Å². The first-order valence-corrected chi connectivity index (χ1v) is 13.6. The Morgan fingerprint density at radius 1 is 0.465 bits per heavy atom. The number of ether oxygens (including phenoxy) is 2. The molecule has 0 aliphatic carbocycles. The van der Waals surface area contributed by atoms with Crippen LogP contribution in [-0.4, -0.2) is 61.9 Å². The number of rotatable bonds is 21. The zero-order valence-electron chi connectivity index (χ0n) is 23.9. The van der Waals surface area contributed by atoms with Crippen LogP contribution in [0.3, 0.4) is 0 Å². The molecule has 0 aromatic rings. The SMILES string of the molecule is CCCCCCCCCCCCCC(CCC(F)(F)C(F)(F)C(F)(F)C(F)(F)C(F)(F)C(F)(F)F)(C(=O)OC)C(=O)OC. The lowest BCUT2D eigenvalue weighted by Crippen LogP contribution is -2.70. The van der Waals surface area contributed by atoms with Crippen LogP contribution in [-0.2, 0) is 19.1 Å². The van der Waals surface area contributed by atoms with Gasteiger partial charge in [0.1, 0.15) is 0 Å². The van der Waals surface area contributed by atoms with Gasteiger partial charge in [-0.3, -0.25) is 9.59 Å². The van der Waals surface area contributed by atoms with Crippen molar-refractivity contribution in [1.82, 2.24) is 0 Å². The summed E-state index contributed by atoms with van der Waals surface area (Å²) in [6.07, 6.45) is -4.19. The van der Waals surface area contributed by atoms with Crippen molar-refractivity contribution in [2.24, 2.45) is 5.41 Å². The standard InChI is InChI=1S/C26H37F13O4/c1-4-5-6-7-8-9-10-11-12-13-14-15-20(18(40)42-2,19(41)43-3)16-17-21(27,28)22(29,30)23(31,32)24(33,34)25(35,36)26(37,38)39/h4-17H2,1-3H3. The van der Waals surface area contributed by atoms with E-state index in [1.54, 1.807) is 0 Å². The molecular formula is C26H37F13O4. The van der Waals surface area contributed by atoms with Gasteiger partial charge in [0.05, 0.1) is 14.2 Å². The number of alkyl halides is 13. The summed E-state index contributed by atoms with van der Waals surface area (Å²) >= 11 is 0. The average Bonchev–Trinajstić information content (AvgIpc) is 2.91. The van der Waals surface area contributed by atoms with Crippen LogP contribution in [0, 0.1) is 5.41 Å². The van der Waals surface area contributed by atoms with E-state index in [1.807, 2.05) is 0 Å². The molecule has 0 aliphatic heterocycles. The van der Waals surface area contributed by atoms with E-state index < -0.39 is 72.4 Å². The molecule has 43 heavy (non-hydrogen) atoms. The van der Waals surface area contributed by atoms with E-state index in [-0.39, 0.29) is 12.8 Å². The third-order valence-electron chi connectivity index (χ3n) is 7.22. The highest BCUT2D eigenvalue weighted by Crippen LogP contribution is 2.61. The Bertz CT molecular complexity index is 858. The Balaban J connectivity index is 5.81. The normalized spacial score (nSPS) is 14.1. The summed E-state index contributed by atoms with van der Waals surface area (Å²) in [6, 6.07) is 0. The average molecular weight is 661 g/mol. The number of carbonyl (C=O) groups is 2. The maximum atomic E-state index is 14.4. The fourth-order valence-corrected chi connectivity index (χ4v) is 4.43. The first-order chi connectivity index (χ1) is 19.5. The Kier molecular flexibility index (Phi) is 15.1. The molecule has 0 N–H and O–H groups in total. The number of esters is 2. The second-order valence-electron chi connectivity index (χ2n) is 10.4. The Morgan fingerprint density at radius 2 is 0.814 bits per heavy atom. The van der Waals surface area contributed by atoms with Gasteiger partial charge in [-0.2, -0.15) is 57.1 Å². The van der Waals surface area contributed by atoms with Crippen molar-refractivity contribution in [3.63, 3.8) is 0 Å². The van der Waals surface area contributed by atoms with Crippen molar-refractivity contribution in [1.29, 1.82) is 0 Å². The lowest BCUT2D eigenvalue weighted by molar-refractivity contribution is -0.440. The van der Waals surface area contributed by atoms with Gasteiger partial charge in [-0.25, -0.2) is 0 Å². The van der Waals surface area contributed by atoms with Crippen LogP contribution in [0.4, 0.5) is 57.1 Å². The van der Waals surface area contributed by atoms with E-state index in [1.165, 1.54) is 0 Å². The maximum absolute atomic E-state index is 14.4. The first kappa shape index (κ1) is 41.0. The van der Waals surface area contributed by atoms with Gasteiger partial charge in [-0.05, 0) is 12.8 Å². The number of unbranched alkanes of at least 4 members (excludes halogenated alkanes) is 10. The summed E-state index contributed by atoms with van der Waals surface area (Å²) in [5.74, 6) is -41.1. The summed E-state index contributed by atoms with van der Waals surface area (Å²) < 4.78 is 184. The topological polar surface area (TPSA) is 52.6 Å². The number of carbonyl (C=O) groups excluding carboxylic acids is 2. The fourth-order valence-electron chi connectivity index (χ4n) is 4.43. The van der Waals surface area contributed by atoms with Gasteiger partial charge < -0.3 is 9.47 Å². The third-order valence-corrected chi connectivity index (χ3v) is 7.22. The molecule has 0 spiro atoms. The number of hydrogen-bond donors (Lipinski definition) is 0. The van der Waals surface area contributed by atoms with E-state index in [9.17, 15) is 66.7 Å². The lowest BCUT2D eigenvalue weighted by atomic mass is 9.76. The van der Waals surface area contributed by atoms with Gasteiger partial charge >= 0.3 is 47.7 Å². The monoisotopic (exact) mass is 660 g/mol. The molecule has 0 atom stereocenters. The van der Waals surface area contributed by atoms with Crippen molar-refractivity contribution < 1.29 is 76.1 Å². The molecule has 4 nitrogen and oxygen atoms in total. The summed E-state index contributed by atoms with van der Waals surface area (Å²) in [4.78, 5) is 24.9. The minimum atomic E-state index is -8.04. The van der Waals surface area contributed by atoms with Crippen molar-refractivity contribution in [3.05, 3.63) is 0 Å². The van der Waals surface area contributed by atoms with E-state index in [4.69, 9.17) is 0 Å². The highest BCUT2D eigenvalue weighted by molar-refractivity contribution is 6.00. The largest absolute Gasteiger partial charge is 0.468 e. The minimum Gasteiger partial charge on any atom is -0.468 e. The van der Waals surface area contributed by atoms with Crippen molar-refractivity contribution in [2.75, 3.05) is 14.2 Å². The highest BCUT2D eigenvalue weighted by atomic mass is 19.4. The predicted octanol–water partition coefficient (Wildman–Crippen LogP) is 9.54. The van der Waals surface area contributed by atoms with Gasteiger partial charge in [-0.1, -0.05) is 77.6 Å². The van der Waals surface area contributed by atoms with E-state index in [0.717, 1.165) is 44.9 Å². The first-order valence-electron chi connectivity index (χ1n) is 13.6. The van der Waals surface area contributed by atoms with E-state index in [0.29, 0.717) is 27.1 Å². The third kappa shape index (κ3) is 9.04. The molecule has 0 aliphatic rings. The fraction of sp³-hybridized carbons (Fsp3) is 0.923. The van der Waals surface area contributed by atoms with Crippen LogP contribution in [0.1, 0.15) is 96.8 Å². The highest BCUT2D eigenvalue weighted by Gasteiger charge is 2.90. The zero-order valence-corrected chi connectivity index (χ0v) is 23.9. The van der Waals surface area contributed by atoms with Gasteiger partial charge in [0, 0.05) is 6.42 Å². The quantitative estimate of drug-likeness (QED) is 0.0533. The molecular weight excluding hydrogens is 623 g/mol. The maximum Gasteiger partial charge on any atom is 0.460 e.